The van der Waals surface area contributed by atoms with E-state index in [9.17, 15) is 9.59 Å². The summed E-state index contributed by atoms with van der Waals surface area (Å²) in [7, 11) is 0. The molecular weight excluding hydrogens is 200 g/mol. The summed E-state index contributed by atoms with van der Waals surface area (Å²) in [6, 6.07) is -0.483. The lowest BCUT2D eigenvalue weighted by Gasteiger charge is -2.18. The Morgan fingerprint density at radius 2 is 1.80 bits per heavy atom. The van der Waals surface area contributed by atoms with E-state index in [1.165, 1.54) is 0 Å². The van der Waals surface area contributed by atoms with Gasteiger partial charge in [-0.1, -0.05) is 13.8 Å². The third kappa shape index (κ3) is 5.90. The number of carbonyl (C=O) groups is 2. The smallest absolute Gasteiger partial charge is 0.334 e. The van der Waals surface area contributed by atoms with Gasteiger partial charge in [0.05, 0.1) is 6.54 Å². The van der Waals surface area contributed by atoms with E-state index < -0.39 is 18.1 Å². The molecule has 0 radical (unpaired) electrons. The number of hydrogen-bond acceptors (Lipinski definition) is 3. The summed E-state index contributed by atoms with van der Waals surface area (Å²) in [5, 5.41) is 22.1. The van der Waals surface area contributed by atoms with E-state index in [1.807, 2.05) is 20.8 Å². The summed E-state index contributed by atoms with van der Waals surface area (Å²) in [6.45, 7) is 5.46. The van der Waals surface area contributed by atoms with Crippen LogP contribution in [0.3, 0.4) is 0 Å². The number of aliphatic hydroxyl groups excluding tert-OH is 1. The molecule has 0 aromatic rings. The van der Waals surface area contributed by atoms with Crippen molar-refractivity contribution in [2.75, 3.05) is 6.54 Å². The van der Waals surface area contributed by atoms with Crippen LogP contribution in [0.25, 0.3) is 0 Å². The predicted molar refractivity (Wildman–Crippen MR) is 54.5 cm³/mol. The molecule has 0 spiro atoms. The van der Waals surface area contributed by atoms with Gasteiger partial charge in [0.25, 0.3) is 0 Å². The fourth-order valence-electron chi connectivity index (χ4n) is 0.701. The highest BCUT2D eigenvalue weighted by molar-refractivity contribution is 5.76. The first-order valence-corrected chi connectivity index (χ1v) is 4.79. The molecule has 2 atom stereocenters. The SMILES string of the molecule is CC(C)C(C)NC(=O)NC[C@H](O)C(=O)O. The van der Waals surface area contributed by atoms with Crippen LogP contribution in [0, 0.1) is 5.92 Å². The monoisotopic (exact) mass is 218 g/mol. The second-order valence-electron chi connectivity index (χ2n) is 3.74. The molecule has 0 aliphatic rings. The maximum Gasteiger partial charge on any atom is 0.334 e. The lowest BCUT2D eigenvalue weighted by Crippen LogP contribution is -2.46. The van der Waals surface area contributed by atoms with Gasteiger partial charge >= 0.3 is 12.0 Å². The van der Waals surface area contributed by atoms with Gasteiger partial charge in [-0.15, -0.1) is 0 Å². The molecule has 0 heterocycles. The number of aliphatic hydroxyl groups is 1. The maximum atomic E-state index is 11.2. The normalized spacial score (nSPS) is 14.5. The minimum absolute atomic E-state index is 0.00743. The van der Waals surface area contributed by atoms with Crippen molar-refractivity contribution in [1.82, 2.24) is 10.6 Å². The van der Waals surface area contributed by atoms with E-state index in [-0.39, 0.29) is 12.6 Å². The zero-order valence-corrected chi connectivity index (χ0v) is 9.15. The lowest BCUT2D eigenvalue weighted by molar-refractivity contribution is -0.146. The van der Waals surface area contributed by atoms with Crippen molar-refractivity contribution in [3.8, 4) is 0 Å². The molecular formula is C9H18N2O4. The Labute approximate surface area is 88.7 Å². The Hall–Kier alpha value is -1.30. The third-order valence-corrected chi connectivity index (χ3v) is 2.10. The minimum atomic E-state index is -1.56. The summed E-state index contributed by atoms with van der Waals surface area (Å²) in [5.74, 6) is -1.06. The molecule has 0 rings (SSSR count). The van der Waals surface area contributed by atoms with Crippen LogP contribution in [0.5, 0.6) is 0 Å². The van der Waals surface area contributed by atoms with Gasteiger partial charge in [0.1, 0.15) is 0 Å². The van der Waals surface area contributed by atoms with Gasteiger partial charge < -0.3 is 20.8 Å². The van der Waals surface area contributed by atoms with E-state index >= 15 is 0 Å². The number of carboxylic acid groups (broad SMARTS) is 1. The van der Waals surface area contributed by atoms with Crippen molar-refractivity contribution in [2.45, 2.75) is 32.9 Å². The van der Waals surface area contributed by atoms with Crippen LogP contribution in [0.1, 0.15) is 20.8 Å². The second kappa shape index (κ2) is 6.23. The third-order valence-electron chi connectivity index (χ3n) is 2.10. The van der Waals surface area contributed by atoms with Crippen molar-refractivity contribution in [1.29, 1.82) is 0 Å². The van der Waals surface area contributed by atoms with Gasteiger partial charge in [-0.3, -0.25) is 0 Å². The first-order valence-electron chi connectivity index (χ1n) is 4.79. The molecule has 15 heavy (non-hydrogen) atoms. The average Bonchev–Trinajstić information content (AvgIpc) is 2.13. The zero-order chi connectivity index (χ0) is 12.0. The Kier molecular flexibility index (Phi) is 5.69. The first kappa shape index (κ1) is 13.7. The summed E-state index contributed by atoms with van der Waals surface area (Å²) < 4.78 is 0. The number of nitrogens with one attached hydrogen (secondary N) is 2. The van der Waals surface area contributed by atoms with Crippen LogP contribution >= 0.6 is 0 Å². The largest absolute Gasteiger partial charge is 0.479 e. The van der Waals surface area contributed by atoms with Gasteiger partial charge in [0.15, 0.2) is 6.10 Å². The van der Waals surface area contributed by atoms with Crippen molar-refractivity contribution in [2.24, 2.45) is 5.92 Å². The molecule has 0 saturated heterocycles. The topological polar surface area (TPSA) is 98.7 Å². The predicted octanol–water partition coefficient (Wildman–Crippen LogP) is -0.224. The molecule has 0 fully saturated rings. The van der Waals surface area contributed by atoms with E-state index in [0.29, 0.717) is 5.92 Å². The first-order chi connectivity index (χ1) is 6.84. The van der Waals surface area contributed by atoms with Crippen molar-refractivity contribution < 1.29 is 19.8 Å². The van der Waals surface area contributed by atoms with Crippen LogP contribution in [-0.4, -0.2) is 40.9 Å². The number of urea groups is 1. The number of amides is 2. The Balaban J connectivity index is 3.80. The number of hydrogen-bond donors (Lipinski definition) is 4. The molecule has 6 heteroatoms. The van der Waals surface area contributed by atoms with Crippen molar-refractivity contribution in [3.05, 3.63) is 0 Å². The molecule has 1 unspecified atom stereocenters. The van der Waals surface area contributed by atoms with Crippen molar-refractivity contribution >= 4 is 12.0 Å². The van der Waals surface area contributed by atoms with Gasteiger partial charge in [-0.2, -0.15) is 0 Å². The lowest BCUT2D eigenvalue weighted by atomic mass is 10.1. The highest BCUT2D eigenvalue weighted by Crippen LogP contribution is 1.98. The van der Waals surface area contributed by atoms with Crippen LogP contribution in [0.4, 0.5) is 4.79 Å². The Bertz CT molecular complexity index is 230. The number of carboxylic acids is 1. The van der Waals surface area contributed by atoms with E-state index in [4.69, 9.17) is 10.2 Å². The molecule has 0 aliphatic carbocycles. The van der Waals surface area contributed by atoms with Crippen LogP contribution < -0.4 is 10.6 Å². The Morgan fingerprint density at radius 1 is 1.27 bits per heavy atom. The number of rotatable bonds is 5. The molecule has 6 nitrogen and oxygen atoms in total. The highest BCUT2D eigenvalue weighted by Gasteiger charge is 2.15. The number of carbonyl (C=O) groups excluding carboxylic acids is 1. The summed E-state index contributed by atoms with van der Waals surface area (Å²) in [5.41, 5.74) is 0. The standard InChI is InChI=1S/C9H18N2O4/c1-5(2)6(3)11-9(15)10-4-7(12)8(13)14/h5-7,12H,4H2,1-3H3,(H,13,14)(H2,10,11,15)/t6?,7-/m0/s1. The second-order valence-corrected chi connectivity index (χ2v) is 3.74. The molecule has 0 aromatic heterocycles. The maximum absolute atomic E-state index is 11.2. The zero-order valence-electron chi connectivity index (χ0n) is 9.15. The van der Waals surface area contributed by atoms with Gasteiger partial charge in [0, 0.05) is 6.04 Å². The molecule has 0 aliphatic heterocycles. The Morgan fingerprint density at radius 3 is 2.20 bits per heavy atom. The molecule has 0 saturated carbocycles. The summed E-state index contributed by atoms with van der Waals surface area (Å²) in [6.07, 6.45) is -1.56. The minimum Gasteiger partial charge on any atom is -0.479 e. The fourth-order valence-corrected chi connectivity index (χ4v) is 0.701. The van der Waals surface area contributed by atoms with E-state index in [2.05, 4.69) is 10.6 Å². The molecule has 4 N–H and O–H groups in total. The van der Waals surface area contributed by atoms with E-state index in [1.54, 1.807) is 0 Å². The van der Waals surface area contributed by atoms with Gasteiger partial charge in [0.2, 0.25) is 0 Å². The van der Waals surface area contributed by atoms with Crippen molar-refractivity contribution in [3.63, 3.8) is 0 Å². The van der Waals surface area contributed by atoms with Gasteiger partial charge in [-0.25, -0.2) is 9.59 Å². The van der Waals surface area contributed by atoms with Crippen LogP contribution in [0.15, 0.2) is 0 Å². The molecule has 0 bridgehead atoms. The van der Waals surface area contributed by atoms with E-state index in [0.717, 1.165) is 0 Å². The van der Waals surface area contributed by atoms with Crippen LogP contribution in [0.2, 0.25) is 0 Å². The van der Waals surface area contributed by atoms with Gasteiger partial charge in [-0.05, 0) is 12.8 Å². The van der Waals surface area contributed by atoms with Crippen LogP contribution in [-0.2, 0) is 4.79 Å². The summed E-state index contributed by atoms with van der Waals surface area (Å²) >= 11 is 0. The number of aliphatic carboxylic acids is 1. The quantitative estimate of drug-likeness (QED) is 0.512. The molecule has 0 aromatic carbocycles. The average molecular weight is 218 g/mol. The fraction of sp³-hybridized carbons (Fsp3) is 0.778. The molecule has 88 valence electrons. The summed E-state index contributed by atoms with van der Waals surface area (Å²) in [4.78, 5) is 21.4. The highest BCUT2D eigenvalue weighted by atomic mass is 16.4. The molecule has 2 amide bonds.